The molecule has 2 heterocycles. The Hall–Kier alpha value is -2.25. The topological polar surface area (TPSA) is 64.1 Å². The third-order valence-corrected chi connectivity index (χ3v) is 4.72. The molecule has 0 aliphatic heterocycles. The number of para-hydroxylation sites is 1. The average molecular weight is 345 g/mol. The normalized spacial score (nSPS) is 10.5. The van der Waals surface area contributed by atoms with E-state index in [1.165, 1.54) is 11.3 Å². The summed E-state index contributed by atoms with van der Waals surface area (Å²) in [6, 6.07) is 7.67. The van der Waals surface area contributed by atoms with Gasteiger partial charge >= 0.3 is 0 Å². The van der Waals surface area contributed by atoms with Crippen LogP contribution in [0.2, 0.25) is 0 Å². The number of hydrogen-bond acceptors (Lipinski definition) is 6. The maximum Gasteiger partial charge on any atom is 0.232 e. The molecule has 5 nitrogen and oxygen atoms in total. The molecular weight excluding hydrogens is 330 g/mol. The van der Waals surface area contributed by atoms with Crippen LogP contribution in [0.25, 0.3) is 11.3 Å². The van der Waals surface area contributed by atoms with Gasteiger partial charge in [-0.1, -0.05) is 12.1 Å². The average Bonchev–Trinajstić information content (AvgIpc) is 3.16. The zero-order valence-corrected chi connectivity index (χ0v) is 14.3. The minimum atomic E-state index is -0.115. The minimum Gasteiger partial charge on any atom is -0.496 e. The molecule has 0 unspecified atom stereocenters. The van der Waals surface area contributed by atoms with Crippen molar-refractivity contribution < 1.29 is 9.53 Å². The lowest BCUT2D eigenvalue weighted by Gasteiger charge is -2.05. The lowest BCUT2D eigenvalue weighted by atomic mass is 10.1. The number of thiazole rings is 2. The molecule has 7 heteroatoms. The Morgan fingerprint density at radius 3 is 2.78 bits per heavy atom. The molecule has 3 aromatic rings. The number of rotatable bonds is 5. The van der Waals surface area contributed by atoms with E-state index in [-0.39, 0.29) is 12.3 Å². The highest BCUT2D eigenvalue weighted by Gasteiger charge is 2.12. The van der Waals surface area contributed by atoms with Crippen molar-refractivity contribution in [2.45, 2.75) is 13.3 Å². The molecule has 1 aromatic carbocycles. The molecule has 0 saturated heterocycles. The van der Waals surface area contributed by atoms with Gasteiger partial charge in [0.25, 0.3) is 0 Å². The van der Waals surface area contributed by atoms with Gasteiger partial charge in [-0.2, -0.15) is 0 Å². The van der Waals surface area contributed by atoms with Crippen LogP contribution in [-0.4, -0.2) is 23.0 Å². The second-order valence-electron chi connectivity index (χ2n) is 4.82. The van der Waals surface area contributed by atoms with Crippen LogP contribution in [0.4, 0.5) is 5.13 Å². The number of benzene rings is 1. The van der Waals surface area contributed by atoms with Crippen LogP contribution < -0.4 is 10.1 Å². The predicted molar refractivity (Wildman–Crippen MR) is 93.3 cm³/mol. The highest BCUT2D eigenvalue weighted by atomic mass is 32.1. The SMILES string of the molecule is COc1ccccc1-c1csc(NC(=O)Cc2csc(C)n2)n1. The smallest absolute Gasteiger partial charge is 0.232 e. The first-order valence-corrected chi connectivity index (χ1v) is 8.71. The van der Waals surface area contributed by atoms with E-state index in [9.17, 15) is 4.79 Å². The number of anilines is 1. The Bertz CT molecular complexity index is 826. The summed E-state index contributed by atoms with van der Waals surface area (Å²) < 4.78 is 5.34. The first kappa shape index (κ1) is 15.6. The highest BCUT2D eigenvalue weighted by molar-refractivity contribution is 7.14. The van der Waals surface area contributed by atoms with E-state index in [0.29, 0.717) is 5.13 Å². The monoisotopic (exact) mass is 345 g/mol. The third-order valence-electron chi connectivity index (χ3n) is 3.14. The van der Waals surface area contributed by atoms with Crippen LogP contribution >= 0.6 is 22.7 Å². The van der Waals surface area contributed by atoms with Gasteiger partial charge in [-0.25, -0.2) is 9.97 Å². The van der Waals surface area contributed by atoms with Crippen molar-refractivity contribution in [1.82, 2.24) is 9.97 Å². The Morgan fingerprint density at radius 1 is 1.22 bits per heavy atom. The molecule has 0 aliphatic carbocycles. The quantitative estimate of drug-likeness (QED) is 0.764. The van der Waals surface area contributed by atoms with Crippen LogP contribution in [0, 0.1) is 6.92 Å². The van der Waals surface area contributed by atoms with Gasteiger partial charge in [0.2, 0.25) is 5.91 Å². The Labute approximate surface area is 142 Å². The van der Waals surface area contributed by atoms with Crippen molar-refractivity contribution in [2.75, 3.05) is 12.4 Å². The van der Waals surface area contributed by atoms with Gasteiger partial charge in [0.05, 0.1) is 29.9 Å². The van der Waals surface area contributed by atoms with Crippen molar-refractivity contribution in [3.8, 4) is 17.0 Å². The molecule has 1 amide bonds. The zero-order valence-electron chi connectivity index (χ0n) is 12.7. The third kappa shape index (κ3) is 3.75. The molecule has 0 fully saturated rings. The van der Waals surface area contributed by atoms with E-state index in [0.717, 1.165) is 27.7 Å². The number of aryl methyl sites for hydroxylation is 1. The van der Waals surface area contributed by atoms with Gasteiger partial charge in [-0.15, -0.1) is 22.7 Å². The molecule has 0 spiro atoms. The molecule has 0 atom stereocenters. The second-order valence-corrected chi connectivity index (χ2v) is 6.74. The van der Waals surface area contributed by atoms with Crippen LogP contribution in [0.1, 0.15) is 10.7 Å². The maximum absolute atomic E-state index is 12.1. The van der Waals surface area contributed by atoms with E-state index in [2.05, 4.69) is 15.3 Å². The van der Waals surface area contributed by atoms with Crippen molar-refractivity contribution in [1.29, 1.82) is 0 Å². The van der Waals surface area contributed by atoms with Gasteiger partial charge in [-0.05, 0) is 19.1 Å². The van der Waals surface area contributed by atoms with Gasteiger partial charge in [0, 0.05) is 16.3 Å². The summed E-state index contributed by atoms with van der Waals surface area (Å²) in [5.41, 5.74) is 2.47. The first-order chi connectivity index (χ1) is 11.2. The molecule has 0 radical (unpaired) electrons. The Balaban J connectivity index is 1.71. The number of carbonyl (C=O) groups is 1. The number of amides is 1. The lowest BCUT2D eigenvalue weighted by molar-refractivity contribution is -0.115. The Kier molecular flexibility index (Phi) is 4.68. The minimum absolute atomic E-state index is 0.115. The van der Waals surface area contributed by atoms with E-state index < -0.39 is 0 Å². The predicted octanol–water partition coefficient (Wildman–Crippen LogP) is 3.76. The van der Waals surface area contributed by atoms with Crippen LogP contribution in [0.15, 0.2) is 35.0 Å². The van der Waals surface area contributed by atoms with E-state index in [1.54, 1.807) is 18.4 Å². The molecule has 1 N–H and O–H groups in total. The summed E-state index contributed by atoms with van der Waals surface area (Å²) in [5.74, 6) is 0.643. The number of methoxy groups -OCH3 is 1. The fraction of sp³-hybridized carbons (Fsp3) is 0.188. The fourth-order valence-corrected chi connectivity index (χ4v) is 3.47. The van der Waals surface area contributed by atoms with Crippen LogP contribution in [0.3, 0.4) is 0 Å². The molecule has 0 saturated carbocycles. The Morgan fingerprint density at radius 2 is 2.04 bits per heavy atom. The number of nitrogens with one attached hydrogen (secondary N) is 1. The maximum atomic E-state index is 12.1. The lowest BCUT2D eigenvalue weighted by Crippen LogP contribution is -2.14. The summed E-state index contributed by atoms with van der Waals surface area (Å²) >= 11 is 2.93. The van der Waals surface area contributed by atoms with Crippen LogP contribution in [0.5, 0.6) is 5.75 Å². The van der Waals surface area contributed by atoms with Crippen molar-refractivity contribution in [3.63, 3.8) is 0 Å². The van der Waals surface area contributed by atoms with Crippen molar-refractivity contribution >= 4 is 33.7 Å². The molecule has 0 bridgehead atoms. The second kappa shape index (κ2) is 6.89. The van der Waals surface area contributed by atoms with E-state index in [1.807, 2.05) is 41.9 Å². The molecular formula is C16H15N3O2S2. The van der Waals surface area contributed by atoms with Gasteiger partial charge in [-0.3, -0.25) is 4.79 Å². The van der Waals surface area contributed by atoms with Gasteiger partial charge < -0.3 is 10.1 Å². The summed E-state index contributed by atoms with van der Waals surface area (Å²) in [6.07, 6.45) is 0.258. The molecule has 118 valence electrons. The number of nitrogens with zero attached hydrogens (tertiary/aromatic N) is 2. The molecule has 2 aromatic heterocycles. The van der Waals surface area contributed by atoms with Crippen LogP contribution in [-0.2, 0) is 11.2 Å². The summed E-state index contributed by atoms with van der Waals surface area (Å²) in [4.78, 5) is 20.8. The zero-order chi connectivity index (χ0) is 16.2. The summed E-state index contributed by atoms with van der Waals surface area (Å²) in [7, 11) is 1.63. The molecule has 0 aliphatic rings. The number of hydrogen-bond donors (Lipinski definition) is 1. The number of carbonyl (C=O) groups excluding carboxylic acids is 1. The summed E-state index contributed by atoms with van der Waals surface area (Å²) in [6.45, 7) is 1.92. The fourth-order valence-electron chi connectivity index (χ4n) is 2.13. The van der Waals surface area contributed by atoms with Crippen molar-refractivity contribution in [3.05, 3.63) is 45.7 Å². The van der Waals surface area contributed by atoms with Gasteiger partial charge in [0.1, 0.15) is 5.75 Å². The summed E-state index contributed by atoms with van der Waals surface area (Å²) in [5, 5.41) is 8.15. The standard InChI is InChI=1S/C16H15N3O2S2/c1-10-17-11(8-22-10)7-15(20)19-16-18-13(9-23-16)12-5-3-4-6-14(12)21-2/h3-6,8-9H,7H2,1-2H3,(H,18,19,20). The van der Waals surface area contributed by atoms with Gasteiger partial charge in [0.15, 0.2) is 5.13 Å². The van der Waals surface area contributed by atoms with E-state index >= 15 is 0 Å². The first-order valence-electron chi connectivity index (χ1n) is 6.95. The molecule has 23 heavy (non-hydrogen) atoms. The van der Waals surface area contributed by atoms with E-state index in [4.69, 9.17) is 4.74 Å². The highest BCUT2D eigenvalue weighted by Crippen LogP contribution is 2.31. The number of ether oxygens (including phenoxy) is 1. The largest absolute Gasteiger partial charge is 0.496 e. The number of aromatic nitrogens is 2. The van der Waals surface area contributed by atoms with Crippen molar-refractivity contribution in [2.24, 2.45) is 0 Å². The molecule has 3 rings (SSSR count).